The fourth-order valence-corrected chi connectivity index (χ4v) is 1.30. The van der Waals surface area contributed by atoms with Gasteiger partial charge < -0.3 is 15.6 Å². The smallest absolute Gasteiger partial charge is 0.215 e. The largest absolute Gasteiger partial charge is 0.399 e. The molecule has 0 heterocycles. The summed E-state index contributed by atoms with van der Waals surface area (Å²) in [5, 5.41) is 9.42. The Morgan fingerprint density at radius 1 is 1.58 bits per heavy atom. The maximum atomic E-state index is 9.42. The maximum Gasteiger partial charge on any atom is 0.215 e. The lowest BCUT2D eigenvalue weighted by molar-refractivity contribution is -0.167. The molecule has 0 aromatic carbocycles. The van der Waals surface area contributed by atoms with Crippen LogP contribution < -0.4 is 5.73 Å². The van der Waals surface area contributed by atoms with Gasteiger partial charge in [0.05, 0.1) is 6.04 Å². The second-order valence-corrected chi connectivity index (χ2v) is 4.17. The molecule has 0 amide bonds. The van der Waals surface area contributed by atoms with Crippen molar-refractivity contribution in [2.75, 3.05) is 20.7 Å². The van der Waals surface area contributed by atoms with Gasteiger partial charge in [-0.3, -0.25) is 9.89 Å². The van der Waals surface area contributed by atoms with Crippen LogP contribution in [-0.2, 0) is 4.74 Å². The average molecular weight is 268 g/mol. The van der Waals surface area contributed by atoms with Crippen molar-refractivity contribution < 1.29 is 9.84 Å². The number of hydrogen-bond donors (Lipinski definition) is 2. The second kappa shape index (κ2) is 9.43. The zero-order valence-electron chi connectivity index (χ0n) is 11.9. The van der Waals surface area contributed by atoms with Gasteiger partial charge >= 0.3 is 0 Å². The Morgan fingerprint density at radius 2 is 2.21 bits per heavy atom. The van der Waals surface area contributed by atoms with Crippen LogP contribution in [0, 0.1) is 0 Å². The summed E-state index contributed by atoms with van der Waals surface area (Å²) in [5.74, 6) is 0.472. The fraction of sp³-hybridized carbons (Fsp3) is 0.538. The summed E-state index contributed by atoms with van der Waals surface area (Å²) < 4.78 is 4.79. The lowest BCUT2D eigenvalue weighted by Gasteiger charge is -2.22. The van der Waals surface area contributed by atoms with E-state index in [4.69, 9.17) is 10.5 Å². The van der Waals surface area contributed by atoms with E-state index in [1.807, 2.05) is 6.92 Å². The Bertz CT molecular complexity index is 353. The number of nitrogens with two attached hydrogens (primary N) is 1. The zero-order chi connectivity index (χ0) is 14.8. The van der Waals surface area contributed by atoms with Gasteiger partial charge in [-0.25, -0.2) is 4.99 Å². The van der Waals surface area contributed by atoms with E-state index >= 15 is 0 Å². The summed E-state index contributed by atoms with van der Waals surface area (Å²) >= 11 is 0. The summed E-state index contributed by atoms with van der Waals surface area (Å²) in [6.45, 7) is 9.61. The van der Waals surface area contributed by atoms with Crippen LogP contribution in [0.15, 0.2) is 34.4 Å². The molecule has 0 saturated heterocycles. The van der Waals surface area contributed by atoms with Gasteiger partial charge in [-0.2, -0.15) is 0 Å². The van der Waals surface area contributed by atoms with E-state index in [1.165, 1.54) is 13.2 Å². The molecule has 0 aliphatic heterocycles. The van der Waals surface area contributed by atoms with Crippen molar-refractivity contribution in [1.82, 2.24) is 4.90 Å². The molecule has 0 aliphatic carbocycles. The molecular weight excluding hydrogens is 244 g/mol. The van der Waals surface area contributed by atoms with Gasteiger partial charge in [0.25, 0.3) is 0 Å². The van der Waals surface area contributed by atoms with Gasteiger partial charge in [0.15, 0.2) is 0 Å². The lowest BCUT2D eigenvalue weighted by Crippen LogP contribution is -2.34. The van der Waals surface area contributed by atoms with E-state index < -0.39 is 6.41 Å². The minimum Gasteiger partial charge on any atom is -0.399 e. The third-order valence-electron chi connectivity index (χ3n) is 2.53. The number of ether oxygens (including phenoxy) is 1. The molecule has 3 N–H and O–H groups in total. The second-order valence-electron chi connectivity index (χ2n) is 4.17. The number of hydrogen-bond acceptors (Lipinski definition) is 5. The van der Waals surface area contributed by atoms with Crippen LogP contribution >= 0.6 is 0 Å². The van der Waals surface area contributed by atoms with Gasteiger partial charge in [-0.15, -0.1) is 0 Å². The molecule has 2 atom stereocenters. The van der Waals surface area contributed by atoms with Gasteiger partial charge in [0.1, 0.15) is 5.84 Å². The van der Waals surface area contributed by atoms with Gasteiger partial charge in [0, 0.05) is 25.4 Å². The molecule has 0 aromatic rings. The normalized spacial score (nSPS) is 16.3. The van der Waals surface area contributed by atoms with Crippen molar-refractivity contribution in [3.05, 3.63) is 24.4 Å². The third-order valence-corrected chi connectivity index (χ3v) is 2.53. The van der Waals surface area contributed by atoms with E-state index in [2.05, 4.69) is 23.3 Å². The maximum absolute atomic E-state index is 9.42. The first-order valence-electron chi connectivity index (χ1n) is 5.99. The number of allylic oxidation sites excluding steroid dienone is 1. The number of rotatable bonds is 8. The number of amidine groups is 1. The summed E-state index contributed by atoms with van der Waals surface area (Å²) in [4.78, 5) is 9.86. The standard InChI is InChI=1S/C13H24N4O2/c1-6-11(14)9-12(15-3)16-10(2)7-8-17(4)13(18)19-5/h6,9-10,13,18H,1,3,7-8,14H2,2,4-5H3. The molecule has 0 aromatic heterocycles. The average Bonchev–Trinajstić information content (AvgIpc) is 2.42. The molecular formula is C13H24N4O2. The minimum atomic E-state index is -0.899. The van der Waals surface area contributed by atoms with Crippen LogP contribution in [0.4, 0.5) is 0 Å². The highest BCUT2D eigenvalue weighted by molar-refractivity contribution is 5.96. The predicted octanol–water partition coefficient (Wildman–Crippen LogP) is 0.747. The molecule has 108 valence electrons. The molecule has 0 spiro atoms. The Morgan fingerprint density at radius 3 is 2.68 bits per heavy atom. The van der Waals surface area contributed by atoms with Crippen LogP contribution in [0.5, 0.6) is 0 Å². The molecule has 6 heteroatoms. The van der Waals surface area contributed by atoms with Crippen LogP contribution in [0.25, 0.3) is 0 Å². The molecule has 0 bridgehead atoms. The van der Waals surface area contributed by atoms with Gasteiger partial charge in [-0.1, -0.05) is 6.58 Å². The van der Waals surface area contributed by atoms with Crippen molar-refractivity contribution in [1.29, 1.82) is 0 Å². The Hall–Kier alpha value is -1.50. The minimum absolute atomic E-state index is 0.0286. The van der Waals surface area contributed by atoms with Crippen molar-refractivity contribution in [2.24, 2.45) is 15.7 Å². The van der Waals surface area contributed by atoms with Crippen molar-refractivity contribution >= 4 is 12.6 Å². The van der Waals surface area contributed by atoms with Crippen molar-refractivity contribution in [3.8, 4) is 0 Å². The summed E-state index contributed by atoms with van der Waals surface area (Å²) in [5.41, 5.74) is 6.11. The monoisotopic (exact) mass is 268 g/mol. The SMILES string of the molecule is C=CC(N)=CC(N=C)=NC(C)CCN(C)C(O)OC. The summed E-state index contributed by atoms with van der Waals surface area (Å²) in [6, 6.07) is 0.0286. The summed E-state index contributed by atoms with van der Waals surface area (Å²) in [6.07, 6.45) is 2.99. The highest BCUT2D eigenvalue weighted by Crippen LogP contribution is 2.03. The third kappa shape index (κ3) is 7.50. The van der Waals surface area contributed by atoms with E-state index in [0.29, 0.717) is 18.1 Å². The number of methoxy groups -OCH3 is 1. The molecule has 0 radical (unpaired) electrons. The van der Waals surface area contributed by atoms with Gasteiger partial charge in [0.2, 0.25) is 6.41 Å². The molecule has 19 heavy (non-hydrogen) atoms. The Balaban J connectivity index is 4.45. The van der Waals surface area contributed by atoms with E-state index in [1.54, 1.807) is 18.0 Å². The molecule has 0 rings (SSSR count). The van der Waals surface area contributed by atoms with Crippen molar-refractivity contribution in [2.45, 2.75) is 25.8 Å². The molecule has 0 aliphatic rings. The number of aliphatic imine (C=N–C) groups is 2. The van der Waals surface area contributed by atoms with Crippen LogP contribution in [-0.4, -0.2) is 55.7 Å². The molecule has 0 fully saturated rings. The van der Waals surface area contributed by atoms with Crippen LogP contribution in [0.3, 0.4) is 0 Å². The van der Waals surface area contributed by atoms with E-state index in [0.717, 1.165) is 6.42 Å². The fourth-order valence-electron chi connectivity index (χ4n) is 1.30. The van der Waals surface area contributed by atoms with E-state index in [-0.39, 0.29) is 6.04 Å². The number of aliphatic hydroxyl groups is 1. The number of nitrogens with zero attached hydrogens (tertiary/aromatic N) is 3. The first-order valence-corrected chi connectivity index (χ1v) is 5.99. The lowest BCUT2D eigenvalue weighted by atomic mass is 10.2. The highest BCUT2D eigenvalue weighted by Gasteiger charge is 2.10. The molecule has 2 unspecified atom stereocenters. The Kier molecular flexibility index (Phi) is 8.69. The summed E-state index contributed by atoms with van der Waals surface area (Å²) in [7, 11) is 3.22. The van der Waals surface area contributed by atoms with Gasteiger partial charge in [-0.05, 0) is 33.2 Å². The van der Waals surface area contributed by atoms with Crippen LogP contribution in [0.2, 0.25) is 0 Å². The molecule has 0 saturated carbocycles. The molecule has 6 nitrogen and oxygen atoms in total. The first-order chi connectivity index (χ1) is 8.94. The predicted molar refractivity (Wildman–Crippen MR) is 79.2 cm³/mol. The topological polar surface area (TPSA) is 83.4 Å². The highest BCUT2D eigenvalue weighted by atomic mass is 16.6. The number of aliphatic hydroxyl groups excluding tert-OH is 1. The van der Waals surface area contributed by atoms with E-state index in [9.17, 15) is 5.11 Å². The Labute approximate surface area is 115 Å². The quantitative estimate of drug-likeness (QED) is 0.294. The zero-order valence-corrected chi connectivity index (χ0v) is 11.9. The first kappa shape index (κ1) is 17.5. The van der Waals surface area contributed by atoms with Crippen molar-refractivity contribution in [3.63, 3.8) is 0 Å². The van der Waals surface area contributed by atoms with Crippen LogP contribution in [0.1, 0.15) is 13.3 Å².